The van der Waals surface area contributed by atoms with E-state index in [1.807, 2.05) is 36.4 Å². The van der Waals surface area contributed by atoms with Crippen LogP contribution in [0.5, 0.6) is 0 Å². The van der Waals surface area contributed by atoms with E-state index in [1.165, 1.54) is 0 Å². The Morgan fingerprint density at radius 2 is 0.477 bits per heavy atom. The van der Waals surface area contributed by atoms with Crippen molar-refractivity contribution in [1.29, 1.82) is 0 Å². The molecule has 14 heteroatoms. The predicted octanol–water partition coefficient (Wildman–Crippen LogP) is 0.602. The lowest BCUT2D eigenvalue weighted by Gasteiger charge is -2.19. The first kappa shape index (κ1) is 30.6. The topological polar surface area (TPSA) is 158 Å². The van der Waals surface area contributed by atoms with E-state index in [0.29, 0.717) is 73.4 Å². The fourth-order valence-corrected chi connectivity index (χ4v) is 4.29. The zero-order chi connectivity index (χ0) is 30.1. The minimum Gasteiger partial charge on any atom is -0.298 e. The fraction of sp³-hybridized carbons (Fsp3) is 0.400. The molecule has 0 spiro atoms. The maximum atomic E-state index is 4.58. The lowest BCUT2D eigenvalue weighted by molar-refractivity contribution is 0.298. The number of aliphatic imine (C=N–C) groups is 6. The van der Waals surface area contributed by atoms with Crippen LogP contribution in [0.25, 0.3) is 0 Å². The van der Waals surface area contributed by atoms with Crippen LogP contribution in [0, 0.1) is 0 Å². The Morgan fingerprint density at radius 1 is 0.295 bits per heavy atom. The molecule has 0 unspecified atom stereocenters. The molecule has 0 aromatic carbocycles. The van der Waals surface area contributed by atoms with Gasteiger partial charge in [-0.3, -0.25) is 39.8 Å². The molecule has 0 saturated heterocycles. The van der Waals surface area contributed by atoms with Crippen molar-refractivity contribution in [3.63, 3.8) is 0 Å². The molecular formula is C30H36N14. The SMILES string of the molecule is C1=NCCN2CCN=Cc3ccc(nn3)C=NCCN(CCN=Cc3ccc1nn3)CCN=Cc1ccc(nn1)C=NCC2. The lowest BCUT2D eigenvalue weighted by Crippen LogP contribution is -2.31. The van der Waals surface area contributed by atoms with Gasteiger partial charge in [-0.05, 0) is 36.4 Å². The third-order valence-electron chi connectivity index (χ3n) is 6.73. The van der Waals surface area contributed by atoms with E-state index in [1.54, 1.807) is 37.3 Å². The van der Waals surface area contributed by atoms with Crippen molar-refractivity contribution in [1.82, 2.24) is 40.4 Å². The first-order chi connectivity index (χ1) is 21.8. The largest absolute Gasteiger partial charge is 0.298 e. The zero-order valence-corrected chi connectivity index (χ0v) is 24.7. The Hall–Kier alpha value is -4.82. The summed E-state index contributed by atoms with van der Waals surface area (Å²) >= 11 is 0. The summed E-state index contributed by atoms with van der Waals surface area (Å²) in [5, 5.41) is 25.7. The minimum absolute atomic E-state index is 0.609. The van der Waals surface area contributed by atoms with Crippen molar-refractivity contribution < 1.29 is 0 Å². The summed E-state index contributed by atoms with van der Waals surface area (Å²) in [6.07, 6.45) is 10.5. The summed E-state index contributed by atoms with van der Waals surface area (Å²) in [7, 11) is 0. The van der Waals surface area contributed by atoms with Crippen LogP contribution in [0.4, 0.5) is 0 Å². The summed E-state index contributed by atoms with van der Waals surface area (Å²) in [6.45, 7) is 8.14. The van der Waals surface area contributed by atoms with Gasteiger partial charge in [0.1, 0.15) is 34.2 Å². The van der Waals surface area contributed by atoms with Gasteiger partial charge in [0.05, 0.1) is 39.3 Å². The van der Waals surface area contributed by atoms with Gasteiger partial charge in [0.2, 0.25) is 0 Å². The first-order valence-electron chi connectivity index (χ1n) is 14.7. The molecule has 0 aliphatic carbocycles. The highest BCUT2D eigenvalue weighted by atomic mass is 15.2. The Labute approximate surface area is 256 Å². The molecule has 12 aliphatic rings. The summed E-state index contributed by atoms with van der Waals surface area (Å²) in [4.78, 5) is 32.0. The van der Waals surface area contributed by atoms with Gasteiger partial charge in [0, 0.05) is 76.6 Å². The van der Waals surface area contributed by atoms with Gasteiger partial charge < -0.3 is 0 Å². The molecule has 15 heterocycles. The van der Waals surface area contributed by atoms with E-state index in [9.17, 15) is 0 Å². The summed E-state index contributed by atoms with van der Waals surface area (Å²) in [5.74, 6) is 0. The molecule has 0 N–H and O–H groups in total. The van der Waals surface area contributed by atoms with Gasteiger partial charge in [-0.25, -0.2) is 0 Å². The first-order valence-corrected chi connectivity index (χ1v) is 14.7. The normalized spacial score (nSPS) is 20.5. The standard InChI is InChI=1S/C30H36N14/c1-2-26-20-32-8-14-44-17-11-35-23-29-5-3-27(39-41-29)21-33-9-15-43(13-7-31-19-25(1)37-38-26)16-10-34-22-28-4-6-30(42-40-28)24-36-12-18-44/h1-6,19-24H,7-18H2. The number of hydrogen-bond donors (Lipinski definition) is 0. The molecule has 0 saturated carbocycles. The molecule has 8 bridgehead atoms. The van der Waals surface area contributed by atoms with E-state index < -0.39 is 0 Å². The number of nitrogens with zero attached hydrogens (tertiary/aromatic N) is 14. The quantitative estimate of drug-likeness (QED) is 0.367. The van der Waals surface area contributed by atoms with Crippen LogP contribution in [0.15, 0.2) is 66.4 Å². The van der Waals surface area contributed by atoms with Crippen LogP contribution < -0.4 is 0 Å². The van der Waals surface area contributed by atoms with Gasteiger partial charge in [-0.1, -0.05) is 0 Å². The van der Waals surface area contributed by atoms with Gasteiger partial charge in [0.15, 0.2) is 0 Å². The average Bonchev–Trinajstić information content (AvgIpc) is 3.05. The van der Waals surface area contributed by atoms with Crippen LogP contribution in [-0.2, 0) is 0 Å². The van der Waals surface area contributed by atoms with Crippen molar-refractivity contribution in [2.45, 2.75) is 0 Å². The van der Waals surface area contributed by atoms with Crippen molar-refractivity contribution in [3.05, 3.63) is 70.6 Å². The summed E-state index contributed by atoms with van der Waals surface area (Å²) in [5.41, 5.74) is 4.24. The molecule has 44 heavy (non-hydrogen) atoms. The number of aromatic nitrogens is 6. The van der Waals surface area contributed by atoms with Gasteiger partial charge in [0.25, 0.3) is 0 Å². The maximum absolute atomic E-state index is 4.58. The zero-order valence-electron chi connectivity index (χ0n) is 24.7. The molecule has 226 valence electrons. The molecule has 15 rings (SSSR count). The third-order valence-corrected chi connectivity index (χ3v) is 6.73. The van der Waals surface area contributed by atoms with E-state index in [-0.39, 0.29) is 0 Å². The van der Waals surface area contributed by atoms with Gasteiger partial charge >= 0.3 is 0 Å². The van der Waals surface area contributed by atoms with E-state index in [2.05, 4.69) is 70.3 Å². The van der Waals surface area contributed by atoms with Crippen molar-refractivity contribution in [2.24, 2.45) is 30.0 Å². The molecular weight excluding hydrogens is 556 g/mol. The number of hydrogen-bond acceptors (Lipinski definition) is 14. The Bertz CT molecular complexity index is 1170. The Kier molecular flexibility index (Phi) is 12.1. The summed E-state index contributed by atoms with van der Waals surface area (Å²) < 4.78 is 0. The summed E-state index contributed by atoms with van der Waals surface area (Å²) in [6, 6.07) is 11.4. The smallest absolute Gasteiger partial charge is 0.104 e. The van der Waals surface area contributed by atoms with Crippen LogP contribution in [0.1, 0.15) is 34.2 Å². The molecule has 0 atom stereocenters. The second kappa shape index (κ2) is 17.3. The Balaban J connectivity index is 1.39. The van der Waals surface area contributed by atoms with Crippen LogP contribution >= 0.6 is 0 Å². The molecule has 14 nitrogen and oxygen atoms in total. The predicted molar refractivity (Wildman–Crippen MR) is 174 cm³/mol. The lowest BCUT2D eigenvalue weighted by atomic mass is 10.3. The van der Waals surface area contributed by atoms with E-state index >= 15 is 0 Å². The van der Waals surface area contributed by atoms with E-state index in [0.717, 1.165) is 39.3 Å². The average molecular weight is 593 g/mol. The van der Waals surface area contributed by atoms with Gasteiger partial charge in [-0.15, -0.1) is 30.6 Å². The van der Waals surface area contributed by atoms with Gasteiger partial charge in [-0.2, -0.15) is 0 Å². The van der Waals surface area contributed by atoms with Crippen LogP contribution in [-0.4, -0.2) is 156 Å². The monoisotopic (exact) mass is 592 g/mol. The third kappa shape index (κ3) is 10.8. The molecule has 0 amide bonds. The molecule has 0 radical (unpaired) electrons. The second-order valence-corrected chi connectivity index (χ2v) is 10.0. The minimum atomic E-state index is 0.609. The van der Waals surface area contributed by atoms with Crippen LogP contribution in [0.2, 0.25) is 0 Å². The highest BCUT2D eigenvalue weighted by Gasteiger charge is 2.06. The van der Waals surface area contributed by atoms with E-state index in [4.69, 9.17) is 0 Å². The molecule has 3 aromatic rings. The van der Waals surface area contributed by atoms with Crippen molar-refractivity contribution >= 4 is 37.3 Å². The van der Waals surface area contributed by atoms with Crippen molar-refractivity contribution in [3.8, 4) is 0 Å². The fourth-order valence-electron chi connectivity index (χ4n) is 4.29. The number of rotatable bonds is 0. The molecule has 12 aliphatic heterocycles. The highest BCUT2D eigenvalue weighted by Crippen LogP contribution is 1.98. The van der Waals surface area contributed by atoms with Crippen LogP contribution in [0.3, 0.4) is 0 Å². The second-order valence-electron chi connectivity index (χ2n) is 10.0. The Morgan fingerprint density at radius 3 is 0.636 bits per heavy atom. The van der Waals surface area contributed by atoms with Crippen molar-refractivity contribution in [2.75, 3.05) is 78.5 Å². The highest BCUT2D eigenvalue weighted by molar-refractivity contribution is 5.81. The maximum Gasteiger partial charge on any atom is 0.104 e. The molecule has 3 aromatic heterocycles. The molecule has 0 fully saturated rings.